The lowest BCUT2D eigenvalue weighted by atomic mass is 9.83. The summed E-state index contributed by atoms with van der Waals surface area (Å²) in [6.07, 6.45) is 2.67. The van der Waals surface area contributed by atoms with Crippen LogP contribution in [0.25, 0.3) is 0 Å². The molecular weight excluding hydrogens is 229 g/mol. The van der Waals surface area contributed by atoms with Crippen molar-refractivity contribution < 1.29 is 9.18 Å². The fourth-order valence-electron chi connectivity index (χ4n) is 2.19. The van der Waals surface area contributed by atoms with Gasteiger partial charge in [0.1, 0.15) is 12.1 Å². The van der Waals surface area contributed by atoms with Gasteiger partial charge in [-0.1, -0.05) is 32.0 Å². The Hall–Kier alpha value is -1.22. The lowest BCUT2D eigenvalue weighted by molar-refractivity contribution is -0.117. The number of halogens is 1. The summed E-state index contributed by atoms with van der Waals surface area (Å²) >= 11 is 0. The first kappa shape index (κ1) is 14.8. The van der Waals surface area contributed by atoms with E-state index in [0.717, 1.165) is 19.1 Å². The number of carbonyl (C=O) groups excluding carboxylic acids is 1. The molecule has 1 aromatic rings. The molecule has 100 valence electrons. The average molecular weight is 251 g/mol. The Morgan fingerprint density at radius 1 is 1.28 bits per heavy atom. The van der Waals surface area contributed by atoms with E-state index in [1.54, 1.807) is 12.1 Å². The maximum atomic E-state index is 13.5. The second-order valence-corrected chi connectivity index (χ2v) is 4.95. The van der Waals surface area contributed by atoms with Crippen molar-refractivity contribution in [1.82, 2.24) is 4.90 Å². The molecule has 0 spiro atoms. The van der Waals surface area contributed by atoms with Crippen LogP contribution in [0, 0.1) is 11.2 Å². The summed E-state index contributed by atoms with van der Waals surface area (Å²) in [5, 5.41) is 0. The lowest BCUT2D eigenvalue weighted by Gasteiger charge is -2.30. The third kappa shape index (κ3) is 3.64. The zero-order valence-electron chi connectivity index (χ0n) is 11.4. The van der Waals surface area contributed by atoms with Gasteiger partial charge in [0.25, 0.3) is 0 Å². The van der Waals surface area contributed by atoms with Gasteiger partial charge in [0.2, 0.25) is 0 Å². The van der Waals surface area contributed by atoms with Gasteiger partial charge in [0.15, 0.2) is 0 Å². The third-order valence-electron chi connectivity index (χ3n) is 3.64. The molecule has 0 bridgehead atoms. The number of benzene rings is 1. The van der Waals surface area contributed by atoms with Crippen LogP contribution in [0.2, 0.25) is 0 Å². The van der Waals surface area contributed by atoms with Gasteiger partial charge >= 0.3 is 0 Å². The van der Waals surface area contributed by atoms with Crippen LogP contribution in [0.4, 0.5) is 4.39 Å². The molecule has 0 atom stereocenters. The summed E-state index contributed by atoms with van der Waals surface area (Å²) in [4.78, 5) is 13.3. The normalized spacial score (nSPS) is 11.8. The highest BCUT2D eigenvalue weighted by molar-refractivity contribution is 5.59. The van der Waals surface area contributed by atoms with E-state index in [2.05, 4.69) is 0 Å². The van der Waals surface area contributed by atoms with E-state index >= 15 is 0 Å². The summed E-state index contributed by atoms with van der Waals surface area (Å²) in [7, 11) is 1.93. The minimum atomic E-state index is -0.306. The highest BCUT2D eigenvalue weighted by Crippen LogP contribution is 2.25. The molecule has 0 heterocycles. The Balaban J connectivity index is 2.69. The zero-order chi connectivity index (χ0) is 13.6. The van der Waals surface area contributed by atoms with Gasteiger partial charge in [0, 0.05) is 24.1 Å². The Kier molecular flexibility index (Phi) is 5.48. The van der Waals surface area contributed by atoms with E-state index in [9.17, 15) is 9.18 Å². The Morgan fingerprint density at radius 3 is 2.39 bits per heavy atom. The third-order valence-corrected chi connectivity index (χ3v) is 3.64. The molecule has 0 saturated carbocycles. The molecule has 0 aliphatic rings. The van der Waals surface area contributed by atoms with Crippen molar-refractivity contribution in [2.24, 2.45) is 5.41 Å². The number of carbonyl (C=O) groups is 1. The number of nitrogens with zero attached hydrogens (tertiary/aromatic N) is 1. The molecule has 2 nitrogen and oxygen atoms in total. The molecule has 0 aliphatic heterocycles. The van der Waals surface area contributed by atoms with Gasteiger partial charge < -0.3 is 9.69 Å². The minimum Gasteiger partial charge on any atom is -0.303 e. The first-order valence-electron chi connectivity index (χ1n) is 6.45. The highest BCUT2D eigenvalue weighted by atomic mass is 19.1. The van der Waals surface area contributed by atoms with Gasteiger partial charge in [-0.05, 0) is 26.0 Å². The first-order chi connectivity index (χ1) is 8.56. The molecule has 0 saturated heterocycles. The molecular formula is C15H22FNO. The smallest absolute Gasteiger partial charge is 0.127 e. The Bertz CT molecular complexity index is 388. The van der Waals surface area contributed by atoms with Crippen molar-refractivity contribution in [2.75, 3.05) is 13.6 Å². The fourth-order valence-corrected chi connectivity index (χ4v) is 2.19. The molecule has 0 aliphatic carbocycles. The molecule has 3 heteroatoms. The summed E-state index contributed by atoms with van der Waals surface area (Å²) in [6.45, 7) is 5.24. The van der Waals surface area contributed by atoms with Crippen molar-refractivity contribution in [1.29, 1.82) is 0 Å². The van der Waals surface area contributed by atoms with E-state index in [4.69, 9.17) is 0 Å². The van der Waals surface area contributed by atoms with Crippen LogP contribution in [0.5, 0.6) is 0 Å². The highest BCUT2D eigenvalue weighted by Gasteiger charge is 2.27. The van der Waals surface area contributed by atoms with Gasteiger partial charge in [0.05, 0.1) is 0 Å². The Labute approximate surface area is 109 Å². The number of hydrogen-bond acceptors (Lipinski definition) is 2. The quantitative estimate of drug-likeness (QED) is 0.693. The van der Waals surface area contributed by atoms with Crippen LogP contribution >= 0.6 is 0 Å². The lowest BCUT2D eigenvalue weighted by Crippen LogP contribution is -2.36. The van der Waals surface area contributed by atoms with Crippen LogP contribution in [-0.2, 0) is 11.3 Å². The second kappa shape index (κ2) is 6.64. The molecule has 0 radical (unpaired) electrons. The second-order valence-electron chi connectivity index (χ2n) is 4.95. The fraction of sp³-hybridized carbons (Fsp3) is 0.533. The maximum absolute atomic E-state index is 13.5. The Morgan fingerprint density at radius 2 is 1.89 bits per heavy atom. The van der Waals surface area contributed by atoms with Crippen LogP contribution in [0.3, 0.4) is 0 Å². The average Bonchev–Trinajstić information content (AvgIpc) is 2.39. The minimum absolute atomic E-state index is 0.186. The summed E-state index contributed by atoms with van der Waals surface area (Å²) in [6, 6.07) is 6.77. The van der Waals surface area contributed by atoms with Crippen molar-refractivity contribution in [2.45, 2.75) is 33.2 Å². The largest absolute Gasteiger partial charge is 0.303 e. The van der Waals surface area contributed by atoms with Crippen LogP contribution < -0.4 is 0 Å². The van der Waals surface area contributed by atoms with E-state index in [1.807, 2.05) is 31.9 Å². The first-order valence-corrected chi connectivity index (χ1v) is 6.45. The van der Waals surface area contributed by atoms with Crippen molar-refractivity contribution in [3.8, 4) is 0 Å². The molecule has 0 N–H and O–H groups in total. The van der Waals surface area contributed by atoms with Crippen molar-refractivity contribution >= 4 is 6.29 Å². The van der Waals surface area contributed by atoms with E-state index < -0.39 is 0 Å². The maximum Gasteiger partial charge on any atom is 0.127 e. The number of hydrogen-bond donors (Lipinski definition) is 0. The van der Waals surface area contributed by atoms with Gasteiger partial charge in [-0.15, -0.1) is 0 Å². The molecule has 0 aromatic heterocycles. The SMILES string of the molecule is CCC(C=O)(CC)CN(C)Cc1ccccc1F. The summed E-state index contributed by atoms with van der Waals surface area (Å²) in [5.41, 5.74) is 0.368. The predicted octanol–water partition coefficient (Wildman–Crippen LogP) is 3.26. The van der Waals surface area contributed by atoms with Crippen LogP contribution in [0.15, 0.2) is 24.3 Å². The van der Waals surface area contributed by atoms with Gasteiger partial charge in [-0.2, -0.15) is 0 Å². The predicted molar refractivity (Wildman–Crippen MR) is 71.8 cm³/mol. The zero-order valence-corrected chi connectivity index (χ0v) is 11.4. The van der Waals surface area contributed by atoms with E-state index in [0.29, 0.717) is 18.7 Å². The van der Waals surface area contributed by atoms with Crippen molar-refractivity contribution in [3.05, 3.63) is 35.6 Å². The van der Waals surface area contributed by atoms with Crippen molar-refractivity contribution in [3.63, 3.8) is 0 Å². The topological polar surface area (TPSA) is 20.3 Å². The van der Waals surface area contributed by atoms with Gasteiger partial charge in [-0.3, -0.25) is 0 Å². The standard InChI is InChI=1S/C15H22FNO/c1-4-15(5-2,12-18)11-17(3)10-13-8-6-7-9-14(13)16/h6-9,12H,4-5,10-11H2,1-3H3. The summed E-state index contributed by atoms with van der Waals surface area (Å²) in [5.74, 6) is -0.186. The van der Waals surface area contributed by atoms with E-state index in [-0.39, 0.29) is 11.2 Å². The van der Waals surface area contributed by atoms with E-state index in [1.165, 1.54) is 6.07 Å². The van der Waals surface area contributed by atoms with Crippen LogP contribution in [-0.4, -0.2) is 24.8 Å². The van der Waals surface area contributed by atoms with Gasteiger partial charge in [-0.25, -0.2) is 4.39 Å². The number of aldehydes is 1. The molecule has 0 fully saturated rings. The monoisotopic (exact) mass is 251 g/mol. The molecule has 1 aromatic carbocycles. The molecule has 1 rings (SSSR count). The molecule has 0 amide bonds. The van der Waals surface area contributed by atoms with Crippen LogP contribution in [0.1, 0.15) is 32.3 Å². The number of rotatable bonds is 7. The molecule has 18 heavy (non-hydrogen) atoms. The summed E-state index contributed by atoms with van der Waals surface area (Å²) < 4.78 is 13.5. The molecule has 0 unspecified atom stereocenters.